The Morgan fingerprint density at radius 1 is 1.31 bits per heavy atom. The van der Waals surface area contributed by atoms with E-state index in [1.54, 1.807) is 5.43 Å². The highest BCUT2D eigenvalue weighted by atomic mass is 16.5. The van der Waals surface area contributed by atoms with Crippen LogP contribution in [0, 0.1) is 0 Å². The molecule has 0 saturated heterocycles. The third-order valence-electron chi connectivity index (χ3n) is 1.68. The van der Waals surface area contributed by atoms with Crippen molar-refractivity contribution in [2.45, 2.75) is 13.0 Å². The number of nitrogens with one attached hydrogen (secondary N) is 3. The van der Waals surface area contributed by atoms with Crippen molar-refractivity contribution in [2.24, 2.45) is 5.84 Å². The third-order valence-corrected chi connectivity index (χ3v) is 1.68. The highest BCUT2D eigenvalue weighted by Gasteiger charge is 2.19. The molecule has 0 fully saturated rings. The zero-order valence-corrected chi connectivity index (χ0v) is 9.20. The molecular formula is C8H16N4O4. The number of hydrogen-bond donors (Lipinski definition) is 4. The molecule has 5 N–H and O–H groups in total. The van der Waals surface area contributed by atoms with Gasteiger partial charge in [0.1, 0.15) is 6.04 Å². The van der Waals surface area contributed by atoms with E-state index in [1.807, 2.05) is 0 Å². The third kappa shape index (κ3) is 5.27. The predicted molar refractivity (Wildman–Crippen MR) is 54.8 cm³/mol. The molecule has 0 saturated carbocycles. The maximum absolute atomic E-state index is 11.3. The van der Waals surface area contributed by atoms with Crippen LogP contribution >= 0.6 is 0 Å². The first-order valence-electron chi connectivity index (χ1n) is 4.61. The number of hydrogen-bond acceptors (Lipinski definition) is 5. The number of carbonyl (C=O) groups is 3. The molecule has 92 valence electrons. The Kier molecular flexibility index (Phi) is 6.81. The van der Waals surface area contributed by atoms with Crippen molar-refractivity contribution >= 4 is 17.7 Å². The number of rotatable bonds is 5. The van der Waals surface area contributed by atoms with Gasteiger partial charge in [0.2, 0.25) is 5.91 Å². The van der Waals surface area contributed by atoms with Gasteiger partial charge in [0.25, 0.3) is 0 Å². The van der Waals surface area contributed by atoms with E-state index >= 15 is 0 Å². The van der Waals surface area contributed by atoms with Gasteiger partial charge in [-0.25, -0.2) is 5.84 Å². The molecule has 0 bridgehead atoms. The Bertz CT molecular complexity index is 269. The maximum Gasteiger partial charge on any atom is 0.323 e. The molecule has 0 heterocycles. The lowest BCUT2D eigenvalue weighted by Crippen LogP contribution is -2.51. The summed E-state index contributed by atoms with van der Waals surface area (Å²) in [5.74, 6) is 2.37. The van der Waals surface area contributed by atoms with Gasteiger partial charge in [0, 0.05) is 13.7 Å². The number of amides is 3. The normalized spacial score (nSPS) is 11.4. The van der Waals surface area contributed by atoms with Crippen LogP contribution in [0.5, 0.6) is 0 Å². The van der Waals surface area contributed by atoms with E-state index in [1.165, 1.54) is 14.0 Å². The van der Waals surface area contributed by atoms with Gasteiger partial charge in [0.15, 0.2) is 0 Å². The van der Waals surface area contributed by atoms with Crippen molar-refractivity contribution in [1.82, 2.24) is 16.1 Å². The molecule has 0 rings (SSSR count). The number of hydrazine groups is 1. The molecule has 0 aromatic heterocycles. The summed E-state index contributed by atoms with van der Waals surface area (Å²) >= 11 is 0. The lowest BCUT2D eigenvalue weighted by molar-refractivity contribution is -0.140. The van der Waals surface area contributed by atoms with E-state index in [2.05, 4.69) is 10.6 Å². The first-order valence-corrected chi connectivity index (χ1v) is 4.61. The van der Waals surface area contributed by atoms with Gasteiger partial charge in [0.05, 0.1) is 6.61 Å². The Hall–Kier alpha value is -1.67. The molecule has 0 aromatic rings. The first-order chi connectivity index (χ1) is 7.52. The van der Waals surface area contributed by atoms with Crippen LogP contribution in [0.3, 0.4) is 0 Å². The molecule has 0 spiro atoms. The summed E-state index contributed by atoms with van der Waals surface area (Å²) in [5.41, 5.74) is 1.66. The van der Waals surface area contributed by atoms with Crippen LogP contribution < -0.4 is 21.9 Å². The highest BCUT2D eigenvalue weighted by molar-refractivity contribution is 6.35. The van der Waals surface area contributed by atoms with E-state index < -0.39 is 23.8 Å². The summed E-state index contributed by atoms with van der Waals surface area (Å²) in [5, 5.41) is 4.68. The topological polar surface area (TPSA) is 123 Å². The fourth-order valence-corrected chi connectivity index (χ4v) is 0.823. The zero-order valence-electron chi connectivity index (χ0n) is 9.20. The standard InChI is InChI=1S/C8H16N4O4/c1-5(6(13)10-3-4-16-2)11-7(14)8(15)12-9/h5H,3-4,9H2,1-2H3,(H,10,13)(H,11,14)(H,12,15). The van der Waals surface area contributed by atoms with Crippen LogP contribution in [-0.2, 0) is 19.1 Å². The Morgan fingerprint density at radius 2 is 1.94 bits per heavy atom. The van der Waals surface area contributed by atoms with E-state index in [0.717, 1.165) is 0 Å². The van der Waals surface area contributed by atoms with Crippen molar-refractivity contribution in [3.05, 3.63) is 0 Å². The van der Waals surface area contributed by atoms with Crippen molar-refractivity contribution < 1.29 is 19.1 Å². The van der Waals surface area contributed by atoms with E-state index in [9.17, 15) is 14.4 Å². The minimum absolute atomic E-state index is 0.332. The van der Waals surface area contributed by atoms with Crippen LogP contribution in [-0.4, -0.2) is 44.0 Å². The molecule has 3 amide bonds. The van der Waals surface area contributed by atoms with E-state index in [4.69, 9.17) is 10.6 Å². The van der Waals surface area contributed by atoms with E-state index in [-0.39, 0.29) is 0 Å². The maximum atomic E-state index is 11.3. The summed E-state index contributed by atoms with van der Waals surface area (Å²) < 4.78 is 4.73. The number of nitrogens with two attached hydrogens (primary N) is 1. The van der Waals surface area contributed by atoms with Crippen molar-refractivity contribution in [1.29, 1.82) is 0 Å². The van der Waals surface area contributed by atoms with E-state index in [0.29, 0.717) is 13.2 Å². The first kappa shape index (κ1) is 14.3. The minimum Gasteiger partial charge on any atom is -0.383 e. The Balaban J connectivity index is 3.95. The number of carbonyl (C=O) groups excluding carboxylic acids is 3. The van der Waals surface area contributed by atoms with Gasteiger partial charge >= 0.3 is 11.8 Å². The van der Waals surface area contributed by atoms with Gasteiger partial charge in [-0.2, -0.15) is 0 Å². The van der Waals surface area contributed by atoms with Crippen LogP contribution in [0.4, 0.5) is 0 Å². The summed E-state index contributed by atoms with van der Waals surface area (Å²) in [6.45, 7) is 2.15. The van der Waals surface area contributed by atoms with Crippen LogP contribution in [0.2, 0.25) is 0 Å². The lowest BCUT2D eigenvalue weighted by atomic mass is 10.3. The summed E-state index contributed by atoms with van der Waals surface area (Å²) in [7, 11) is 1.50. The average Bonchev–Trinajstić information content (AvgIpc) is 2.27. The van der Waals surface area contributed by atoms with Crippen LogP contribution in [0.25, 0.3) is 0 Å². The predicted octanol–water partition coefficient (Wildman–Crippen LogP) is -2.76. The fourth-order valence-electron chi connectivity index (χ4n) is 0.823. The van der Waals surface area contributed by atoms with Crippen molar-refractivity contribution in [3.8, 4) is 0 Å². The summed E-state index contributed by atoms with van der Waals surface area (Å²) in [4.78, 5) is 33.1. The second kappa shape index (κ2) is 7.60. The molecule has 0 aliphatic rings. The average molecular weight is 232 g/mol. The largest absolute Gasteiger partial charge is 0.383 e. The molecule has 0 aliphatic carbocycles. The van der Waals surface area contributed by atoms with Crippen LogP contribution in [0.1, 0.15) is 6.92 Å². The molecule has 0 radical (unpaired) electrons. The molecule has 1 atom stereocenters. The summed E-state index contributed by atoms with van der Waals surface area (Å²) in [6, 6.07) is -0.818. The molecule has 0 aliphatic heterocycles. The SMILES string of the molecule is COCCNC(=O)C(C)NC(=O)C(=O)NN. The molecule has 8 nitrogen and oxygen atoms in total. The van der Waals surface area contributed by atoms with Gasteiger partial charge in [-0.05, 0) is 6.92 Å². The fraction of sp³-hybridized carbons (Fsp3) is 0.625. The quantitative estimate of drug-likeness (QED) is 0.134. The molecule has 0 aromatic carbocycles. The zero-order chi connectivity index (χ0) is 12.6. The smallest absolute Gasteiger partial charge is 0.323 e. The highest BCUT2D eigenvalue weighted by Crippen LogP contribution is 1.82. The van der Waals surface area contributed by atoms with Gasteiger partial charge in [-0.15, -0.1) is 0 Å². The van der Waals surface area contributed by atoms with Gasteiger partial charge in [-0.3, -0.25) is 19.8 Å². The molecule has 1 unspecified atom stereocenters. The second-order valence-electron chi connectivity index (χ2n) is 2.95. The van der Waals surface area contributed by atoms with Crippen molar-refractivity contribution in [2.75, 3.05) is 20.3 Å². The van der Waals surface area contributed by atoms with Crippen LogP contribution in [0.15, 0.2) is 0 Å². The minimum atomic E-state index is -1.00. The van der Waals surface area contributed by atoms with Crippen molar-refractivity contribution in [3.63, 3.8) is 0 Å². The second-order valence-corrected chi connectivity index (χ2v) is 2.95. The number of methoxy groups -OCH3 is 1. The molecule has 8 heteroatoms. The molecule has 16 heavy (non-hydrogen) atoms. The Labute approximate surface area is 92.9 Å². The Morgan fingerprint density at radius 3 is 2.44 bits per heavy atom. The molecular weight excluding hydrogens is 216 g/mol. The number of ether oxygens (including phenoxy) is 1. The lowest BCUT2D eigenvalue weighted by Gasteiger charge is -2.12. The monoisotopic (exact) mass is 232 g/mol. The van der Waals surface area contributed by atoms with Gasteiger partial charge in [-0.1, -0.05) is 0 Å². The van der Waals surface area contributed by atoms with Gasteiger partial charge < -0.3 is 15.4 Å². The summed E-state index contributed by atoms with van der Waals surface area (Å²) in [6.07, 6.45) is 0.